The van der Waals surface area contributed by atoms with Gasteiger partial charge in [-0.2, -0.15) is 0 Å². The van der Waals surface area contributed by atoms with E-state index in [0.29, 0.717) is 37.1 Å². The van der Waals surface area contributed by atoms with Gasteiger partial charge in [-0.3, -0.25) is 4.79 Å². The number of unbranched alkanes of at least 4 members (excludes halogenated alkanes) is 2. The van der Waals surface area contributed by atoms with E-state index in [1.807, 2.05) is 0 Å². The molecule has 5 heteroatoms. The second-order valence-electron chi connectivity index (χ2n) is 7.63. The number of nitrogens with two attached hydrogens (primary N) is 2. The molecule has 1 aromatic carbocycles. The Hall–Kier alpha value is -1.85. The molecule has 0 fully saturated rings. The van der Waals surface area contributed by atoms with Gasteiger partial charge >= 0.3 is 0 Å². The van der Waals surface area contributed by atoms with E-state index in [9.17, 15) is 9.90 Å². The average molecular weight is 358 g/mol. The fourth-order valence-electron chi connectivity index (χ4n) is 4.42. The van der Waals surface area contributed by atoms with Crippen molar-refractivity contribution in [2.75, 3.05) is 5.73 Å². The number of Topliss-reactive ketones (excluding diaryl/α,β-unsaturated/α-hetero) is 1. The van der Waals surface area contributed by atoms with Crippen molar-refractivity contribution < 1.29 is 14.7 Å². The number of benzene rings is 1. The highest BCUT2D eigenvalue weighted by Crippen LogP contribution is 2.44. The summed E-state index contributed by atoms with van der Waals surface area (Å²) in [7, 11) is 0. The van der Waals surface area contributed by atoms with Crippen LogP contribution in [0.1, 0.15) is 63.0 Å². The Balaban J connectivity index is 1.75. The van der Waals surface area contributed by atoms with Crippen molar-refractivity contribution >= 4 is 11.5 Å². The van der Waals surface area contributed by atoms with Crippen molar-refractivity contribution in [1.29, 1.82) is 0 Å². The van der Waals surface area contributed by atoms with E-state index < -0.39 is 0 Å². The summed E-state index contributed by atoms with van der Waals surface area (Å²) in [5.41, 5.74) is 10.9. The molecule has 5 nitrogen and oxygen atoms in total. The summed E-state index contributed by atoms with van der Waals surface area (Å²) in [5, 5.41) is 10.2. The number of phenols is 1. The molecule has 0 saturated carbocycles. The third-order valence-electron chi connectivity index (χ3n) is 5.95. The highest BCUT2D eigenvalue weighted by atomic mass is 16.6. The number of phenolic OH excluding ortho intramolecular Hbond substituents is 1. The van der Waals surface area contributed by atoms with Crippen LogP contribution in [0, 0.1) is 5.92 Å². The van der Waals surface area contributed by atoms with E-state index in [-0.39, 0.29) is 17.8 Å². The molecule has 2 aliphatic rings. The molecule has 0 bridgehead atoms. The van der Waals surface area contributed by atoms with Crippen LogP contribution in [0.5, 0.6) is 5.75 Å². The van der Waals surface area contributed by atoms with Crippen LogP contribution in [0.2, 0.25) is 0 Å². The van der Waals surface area contributed by atoms with Crippen molar-refractivity contribution in [1.82, 2.24) is 0 Å². The molecule has 0 spiro atoms. The molecular weight excluding hydrogens is 328 g/mol. The van der Waals surface area contributed by atoms with Gasteiger partial charge in [0.2, 0.25) is 0 Å². The Morgan fingerprint density at radius 3 is 2.77 bits per heavy atom. The lowest BCUT2D eigenvalue weighted by molar-refractivity contribution is -0.115. The SMILES string of the molecule is CCCCCC(CCC1=C2Cc3c(N)ccc(O)c3CC2CC1=O)ON. The molecule has 142 valence electrons. The van der Waals surface area contributed by atoms with Crippen molar-refractivity contribution in [3.63, 3.8) is 0 Å². The molecule has 26 heavy (non-hydrogen) atoms. The normalized spacial score (nSPS) is 20.2. The maximum absolute atomic E-state index is 12.6. The Kier molecular flexibility index (Phi) is 5.99. The number of ketones is 1. The van der Waals surface area contributed by atoms with Gasteiger partial charge in [0.1, 0.15) is 5.75 Å². The second kappa shape index (κ2) is 8.23. The quantitative estimate of drug-likeness (QED) is 0.285. The zero-order valence-corrected chi connectivity index (χ0v) is 15.6. The predicted molar refractivity (Wildman–Crippen MR) is 103 cm³/mol. The first-order chi connectivity index (χ1) is 12.5. The topological polar surface area (TPSA) is 98.6 Å². The molecule has 2 aliphatic carbocycles. The van der Waals surface area contributed by atoms with Gasteiger partial charge in [-0.25, -0.2) is 5.90 Å². The Bertz CT molecular complexity index is 711. The number of fused-ring (bicyclic) bond motifs is 2. The number of nitrogen functional groups attached to an aromatic ring is 1. The number of hydrogen-bond donors (Lipinski definition) is 3. The first kappa shape index (κ1) is 18.9. The van der Waals surface area contributed by atoms with Crippen LogP contribution >= 0.6 is 0 Å². The van der Waals surface area contributed by atoms with E-state index in [4.69, 9.17) is 16.5 Å². The van der Waals surface area contributed by atoms with Gasteiger partial charge < -0.3 is 15.7 Å². The van der Waals surface area contributed by atoms with Crippen LogP contribution in [0.25, 0.3) is 0 Å². The second-order valence-corrected chi connectivity index (χ2v) is 7.63. The van der Waals surface area contributed by atoms with Crippen LogP contribution in [0.3, 0.4) is 0 Å². The van der Waals surface area contributed by atoms with Gasteiger partial charge in [-0.1, -0.05) is 31.8 Å². The maximum Gasteiger partial charge on any atom is 0.159 e. The molecule has 0 heterocycles. The van der Waals surface area contributed by atoms with Crippen LogP contribution in [-0.4, -0.2) is 17.0 Å². The smallest absolute Gasteiger partial charge is 0.159 e. The number of hydrogen-bond acceptors (Lipinski definition) is 5. The minimum atomic E-state index is 0.00601. The van der Waals surface area contributed by atoms with Crippen LogP contribution < -0.4 is 11.6 Å². The largest absolute Gasteiger partial charge is 0.508 e. The number of anilines is 1. The van der Waals surface area contributed by atoms with E-state index >= 15 is 0 Å². The number of aromatic hydroxyl groups is 1. The fraction of sp³-hybridized carbons (Fsp3) is 0.571. The summed E-state index contributed by atoms with van der Waals surface area (Å²) < 4.78 is 0. The molecular formula is C21H30N2O3. The standard InChI is InChI=1S/C21H30N2O3/c1-2-3-4-5-14(26-23)6-7-15-16-12-17-18(10-13(16)11-21(15)25)20(24)9-8-19(17)22/h8-9,13-14,24H,2-7,10-12,22-23H2,1H3. The summed E-state index contributed by atoms with van der Waals surface area (Å²) in [5.74, 6) is 6.19. The first-order valence-electron chi connectivity index (χ1n) is 9.75. The third kappa shape index (κ3) is 3.79. The molecule has 0 saturated heterocycles. The van der Waals surface area contributed by atoms with Crippen molar-refractivity contribution in [3.8, 4) is 5.75 Å². The molecule has 0 radical (unpaired) electrons. The number of rotatable bonds is 8. The summed E-state index contributed by atoms with van der Waals surface area (Å²) in [6.45, 7) is 2.17. The lowest BCUT2D eigenvalue weighted by Gasteiger charge is -2.26. The minimum Gasteiger partial charge on any atom is -0.508 e. The highest BCUT2D eigenvalue weighted by molar-refractivity contribution is 5.99. The van der Waals surface area contributed by atoms with E-state index in [1.165, 1.54) is 18.4 Å². The molecule has 0 amide bonds. The number of carbonyl (C=O) groups is 1. The summed E-state index contributed by atoms with van der Waals surface area (Å²) >= 11 is 0. The average Bonchev–Trinajstić information content (AvgIpc) is 2.94. The lowest BCUT2D eigenvalue weighted by atomic mass is 9.79. The molecule has 5 N–H and O–H groups in total. The van der Waals surface area contributed by atoms with Crippen LogP contribution in [-0.2, 0) is 22.5 Å². The van der Waals surface area contributed by atoms with Crippen LogP contribution in [0.15, 0.2) is 23.3 Å². The van der Waals surface area contributed by atoms with Crippen molar-refractivity contribution in [2.45, 2.75) is 70.8 Å². The lowest BCUT2D eigenvalue weighted by Crippen LogP contribution is -2.18. The zero-order valence-electron chi connectivity index (χ0n) is 15.6. The summed E-state index contributed by atoms with van der Waals surface area (Å²) in [6, 6.07) is 3.40. The molecule has 1 aromatic rings. The van der Waals surface area contributed by atoms with Crippen molar-refractivity contribution in [3.05, 3.63) is 34.4 Å². The molecule has 2 unspecified atom stereocenters. The van der Waals surface area contributed by atoms with Gasteiger partial charge in [-0.05, 0) is 61.3 Å². The fourth-order valence-corrected chi connectivity index (χ4v) is 4.42. The van der Waals surface area contributed by atoms with Crippen LogP contribution in [0.4, 0.5) is 5.69 Å². The minimum absolute atomic E-state index is 0.00601. The Morgan fingerprint density at radius 2 is 2.04 bits per heavy atom. The van der Waals surface area contributed by atoms with Crippen molar-refractivity contribution in [2.24, 2.45) is 11.8 Å². The third-order valence-corrected chi connectivity index (χ3v) is 5.95. The zero-order chi connectivity index (χ0) is 18.7. The number of carbonyl (C=O) groups excluding carboxylic acids is 1. The monoisotopic (exact) mass is 358 g/mol. The van der Waals surface area contributed by atoms with Gasteiger partial charge in [0.25, 0.3) is 0 Å². The van der Waals surface area contributed by atoms with Gasteiger partial charge in [0.05, 0.1) is 6.10 Å². The molecule has 2 atom stereocenters. The van der Waals surface area contributed by atoms with E-state index in [0.717, 1.165) is 36.0 Å². The predicted octanol–water partition coefficient (Wildman–Crippen LogP) is 3.58. The van der Waals surface area contributed by atoms with Gasteiger partial charge in [-0.15, -0.1) is 0 Å². The first-order valence-corrected chi connectivity index (χ1v) is 9.75. The maximum atomic E-state index is 12.6. The molecule has 0 aliphatic heterocycles. The number of allylic oxidation sites excluding steroid dienone is 2. The van der Waals surface area contributed by atoms with E-state index in [2.05, 4.69) is 6.92 Å². The van der Waals surface area contributed by atoms with E-state index in [1.54, 1.807) is 12.1 Å². The van der Waals surface area contributed by atoms with Gasteiger partial charge in [0.15, 0.2) is 5.78 Å². The molecule has 3 rings (SSSR count). The summed E-state index contributed by atoms with van der Waals surface area (Å²) in [4.78, 5) is 17.7. The Labute approximate surface area is 155 Å². The summed E-state index contributed by atoms with van der Waals surface area (Å²) in [6.07, 6.45) is 7.80. The Morgan fingerprint density at radius 1 is 1.23 bits per heavy atom. The molecule has 0 aromatic heterocycles. The highest BCUT2D eigenvalue weighted by Gasteiger charge is 2.36. The van der Waals surface area contributed by atoms with Gasteiger partial charge in [0, 0.05) is 17.7 Å².